The van der Waals surface area contributed by atoms with Crippen LogP contribution in [0.4, 0.5) is 0 Å². The fourth-order valence-corrected chi connectivity index (χ4v) is 2.48. The number of carbonyl (C=O) groups is 2. The lowest BCUT2D eigenvalue weighted by atomic mass is 9.88. The number of benzene rings is 1. The number of hydrogen-bond donors (Lipinski definition) is 2. The highest BCUT2D eigenvalue weighted by Crippen LogP contribution is 2.29. The van der Waals surface area contributed by atoms with Crippen LogP contribution >= 0.6 is 0 Å². The summed E-state index contributed by atoms with van der Waals surface area (Å²) >= 11 is 0. The second-order valence-electron chi connectivity index (χ2n) is 6.04. The highest BCUT2D eigenvalue weighted by atomic mass is 16.5. The lowest BCUT2D eigenvalue weighted by molar-refractivity contribution is -0.138. The summed E-state index contributed by atoms with van der Waals surface area (Å²) in [5, 5.41) is 12.0. The third kappa shape index (κ3) is 5.15. The number of hydrogen-bond acceptors (Lipinski definition) is 4. The van der Waals surface area contributed by atoms with Crippen LogP contribution in [-0.4, -0.2) is 35.7 Å². The molecule has 0 spiro atoms. The van der Waals surface area contributed by atoms with E-state index in [4.69, 9.17) is 14.6 Å². The van der Waals surface area contributed by atoms with Crippen LogP contribution in [0.25, 0.3) is 0 Å². The molecule has 0 aromatic heterocycles. The largest absolute Gasteiger partial charge is 0.493 e. The van der Waals surface area contributed by atoms with Crippen LogP contribution < -0.4 is 14.8 Å². The highest BCUT2D eigenvalue weighted by molar-refractivity contribution is 5.95. The lowest BCUT2D eigenvalue weighted by Crippen LogP contribution is -2.49. The van der Waals surface area contributed by atoms with Crippen molar-refractivity contribution in [2.45, 2.75) is 58.6 Å². The SMILES string of the molecule is CCC(CC)(CC(=O)O)NC(=O)c1ccc(OC(C)C)c(OC)c1. The van der Waals surface area contributed by atoms with Crippen LogP contribution in [0.5, 0.6) is 11.5 Å². The molecule has 0 fully saturated rings. The second-order valence-corrected chi connectivity index (χ2v) is 6.04. The summed E-state index contributed by atoms with van der Waals surface area (Å²) < 4.78 is 10.9. The zero-order chi connectivity index (χ0) is 18.3. The zero-order valence-corrected chi connectivity index (χ0v) is 15.0. The molecular formula is C18H27NO5. The first-order chi connectivity index (χ1) is 11.3. The number of nitrogens with one attached hydrogen (secondary N) is 1. The Bertz CT molecular complexity index is 579. The van der Waals surface area contributed by atoms with Gasteiger partial charge in [0, 0.05) is 5.56 Å². The van der Waals surface area contributed by atoms with Crippen LogP contribution in [0.3, 0.4) is 0 Å². The van der Waals surface area contributed by atoms with Gasteiger partial charge in [-0.05, 0) is 44.9 Å². The minimum Gasteiger partial charge on any atom is -0.493 e. The lowest BCUT2D eigenvalue weighted by Gasteiger charge is -2.31. The molecule has 6 nitrogen and oxygen atoms in total. The maximum atomic E-state index is 12.6. The maximum absolute atomic E-state index is 12.6. The molecule has 0 saturated heterocycles. The zero-order valence-electron chi connectivity index (χ0n) is 15.0. The van der Waals surface area contributed by atoms with Crippen LogP contribution in [0.15, 0.2) is 18.2 Å². The summed E-state index contributed by atoms with van der Waals surface area (Å²) in [6.07, 6.45) is 0.944. The molecule has 0 atom stereocenters. The predicted molar refractivity (Wildman–Crippen MR) is 91.8 cm³/mol. The molecule has 0 aliphatic heterocycles. The molecule has 0 saturated carbocycles. The summed E-state index contributed by atoms with van der Waals surface area (Å²) in [6, 6.07) is 4.93. The van der Waals surface area contributed by atoms with Crippen molar-refractivity contribution in [3.8, 4) is 11.5 Å². The smallest absolute Gasteiger partial charge is 0.305 e. The first-order valence-electron chi connectivity index (χ1n) is 8.16. The third-order valence-electron chi connectivity index (χ3n) is 4.01. The first kappa shape index (κ1) is 19.8. The average Bonchev–Trinajstić information content (AvgIpc) is 2.53. The molecule has 0 radical (unpaired) electrons. The Hall–Kier alpha value is -2.24. The molecule has 1 aromatic rings. The van der Waals surface area contributed by atoms with E-state index in [1.807, 2.05) is 27.7 Å². The second kappa shape index (κ2) is 8.57. The Morgan fingerprint density at radius 3 is 2.29 bits per heavy atom. The van der Waals surface area contributed by atoms with Crippen molar-refractivity contribution in [1.82, 2.24) is 5.32 Å². The standard InChI is InChI=1S/C18H27NO5/c1-6-18(7-2,11-16(20)21)19-17(22)13-8-9-14(24-12(3)4)15(10-13)23-5/h8-10,12H,6-7,11H2,1-5H3,(H,19,22)(H,20,21). The van der Waals surface area contributed by atoms with E-state index in [2.05, 4.69) is 5.32 Å². The van der Waals surface area contributed by atoms with Crippen LogP contribution in [0.1, 0.15) is 57.3 Å². The molecule has 0 heterocycles. The van der Waals surface area contributed by atoms with E-state index in [1.54, 1.807) is 18.2 Å². The van der Waals surface area contributed by atoms with Crippen molar-refractivity contribution in [2.75, 3.05) is 7.11 Å². The number of amides is 1. The van der Waals surface area contributed by atoms with Gasteiger partial charge in [-0.2, -0.15) is 0 Å². The number of ether oxygens (including phenoxy) is 2. The minimum atomic E-state index is -0.933. The third-order valence-corrected chi connectivity index (χ3v) is 4.01. The maximum Gasteiger partial charge on any atom is 0.305 e. The van der Waals surface area contributed by atoms with Gasteiger partial charge in [-0.25, -0.2) is 0 Å². The normalized spacial score (nSPS) is 11.2. The Kier molecular flexibility index (Phi) is 7.07. The van der Waals surface area contributed by atoms with Crippen molar-refractivity contribution in [3.63, 3.8) is 0 Å². The first-order valence-corrected chi connectivity index (χ1v) is 8.16. The number of carboxylic acid groups (broad SMARTS) is 1. The summed E-state index contributed by atoms with van der Waals surface area (Å²) in [6.45, 7) is 7.55. The van der Waals surface area contributed by atoms with Gasteiger partial charge in [0.1, 0.15) is 0 Å². The van der Waals surface area contributed by atoms with E-state index < -0.39 is 11.5 Å². The van der Waals surface area contributed by atoms with Gasteiger partial charge < -0.3 is 19.9 Å². The number of carbonyl (C=O) groups excluding carboxylic acids is 1. The van der Waals surface area contributed by atoms with E-state index in [-0.39, 0.29) is 18.4 Å². The van der Waals surface area contributed by atoms with E-state index in [0.29, 0.717) is 29.9 Å². The molecule has 0 bridgehead atoms. The van der Waals surface area contributed by atoms with Gasteiger partial charge in [-0.1, -0.05) is 13.8 Å². The fourth-order valence-electron chi connectivity index (χ4n) is 2.48. The van der Waals surface area contributed by atoms with Crippen molar-refractivity contribution < 1.29 is 24.2 Å². The molecule has 0 aliphatic rings. The summed E-state index contributed by atoms with van der Waals surface area (Å²) in [5.74, 6) is -0.230. The van der Waals surface area contributed by atoms with Crippen molar-refractivity contribution in [2.24, 2.45) is 0 Å². The van der Waals surface area contributed by atoms with E-state index in [0.717, 1.165) is 0 Å². The van der Waals surface area contributed by atoms with E-state index >= 15 is 0 Å². The van der Waals surface area contributed by atoms with E-state index in [1.165, 1.54) is 7.11 Å². The van der Waals surface area contributed by atoms with Crippen molar-refractivity contribution in [3.05, 3.63) is 23.8 Å². The van der Waals surface area contributed by atoms with Gasteiger partial charge in [-0.3, -0.25) is 9.59 Å². The summed E-state index contributed by atoms with van der Waals surface area (Å²) in [7, 11) is 1.51. The van der Waals surface area contributed by atoms with E-state index in [9.17, 15) is 9.59 Å². The van der Waals surface area contributed by atoms with Gasteiger partial charge in [0.2, 0.25) is 0 Å². The Balaban J connectivity index is 3.03. The van der Waals surface area contributed by atoms with Crippen molar-refractivity contribution >= 4 is 11.9 Å². The Morgan fingerprint density at radius 1 is 1.21 bits per heavy atom. The molecule has 134 valence electrons. The number of rotatable bonds is 9. The predicted octanol–water partition coefficient (Wildman–Crippen LogP) is 3.25. The van der Waals surface area contributed by atoms with Gasteiger partial charge in [0.25, 0.3) is 5.91 Å². The molecule has 0 aliphatic carbocycles. The van der Waals surface area contributed by atoms with Crippen LogP contribution in [0.2, 0.25) is 0 Å². The number of methoxy groups -OCH3 is 1. The van der Waals surface area contributed by atoms with Gasteiger partial charge in [0.05, 0.1) is 25.2 Å². The average molecular weight is 337 g/mol. The quantitative estimate of drug-likeness (QED) is 0.722. The molecule has 1 amide bonds. The Morgan fingerprint density at radius 2 is 1.83 bits per heavy atom. The van der Waals surface area contributed by atoms with Crippen LogP contribution in [-0.2, 0) is 4.79 Å². The number of carboxylic acids is 1. The Labute approximate surface area is 143 Å². The summed E-state index contributed by atoms with van der Waals surface area (Å²) in [5.41, 5.74) is -0.358. The number of aliphatic carboxylic acids is 1. The molecule has 1 aromatic carbocycles. The van der Waals surface area contributed by atoms with Gasteiger partial charge in [0.15, 0.2) is 11.5 Å². The van der Waals surface area contributed by atoms with Gasteiger partial charge in [-0.15, -0.1) is 0 Å². The molecule has 0 unspecified atom stereocenters. The monoisotopic (exact) mass is 337 g/mol. The molecule has 24 heavy (non-hydrogen) atoms. The highest BCUT2D eigenvalue weighted by Gasteiger charge is 2.31. The fraction of sp³-hybridized carbons (Fsp3) is 0.556. The van der Waals surface area contributed by atoms with Gasteiger partial charge >= 0.3 is 5.97 Å². The van der Waals surface area contributed by atoms with Crippen molar-refractivity contribution in [1.29, 1.82) is 0 Å². The van der Waals surface area contributed by atoms with Crippen LogP contribution in [0, 0.1) is 0 Å². The minimum absolute atomic E-state index is 0.0121. The molecule has 1 rings (SSSR count). The summed E-state index contributed by atoms with van der Waals surface area (Å²) in [4.78, 5) is 23.7. The molecule has 2 N–H and O–H groups in total. The molecule has 6 heteroatoms. The molecular weight excluding hydrogens is 310 g/mol. The topological polar surface area (TPSA) is 84.9 Å².